The summed E-state index contributed by atoms with van der Waals surface area (Å²) in [6, 6.07) is 13.6. The zero-order valence-corrected chi connectivity index (χ0v) is 16.0. The molecule has 1 heterocycles. The van der Waals surface area contributed by atoms with Crippen molar-refractivity contribution in [2.24, 2.45) is 0 Å². The van der Waals surface area contributed by atoms with E-state index in [-0.39, 0.29) is 0 Å². The fourth-order valence-electron chi connectivity index (χ4n) is 3.28. The Hall–Kier alpha value is -3.02. The molecule has 2 aromatic carbocycles. The van der Waals surface area contributed by atoms with Gasteiger partial charge in [0.25, 0.3) is 0 Å². The van der Waals surface area contributed by atoms with Crippen LogP contribution in [-0.2, 0) is 9.59 Å². The van der Waals surface area contributed by atoms with Gasteiger partial charge >= 0.3 is 11.8 Å². The monoisotopic (exact) mass is 367 g/mol. The van der Waals surface area contributed by atoms with E-state index in [0.29, 0.717) is 31.9 Å². The van der Waals surface area contributed by atoms with Gasteiger partial charge in [-0.3, -0.25) is 9.59 Å². The first-order valence-electron chi connectivity index (χ1n) is 9.05. The number of amides is 2. The summed E-state index contributed by atoms with van der Waals surface area (Å²) in [6.45, 7) is 6.25. The quantitative estimate of drug-likeness (QED) is 0.847. The van der Waals surface area contributed by atoms with Crippen LogP contribution in [-0.4, -0.2) is 50.0 Å². The number of piperazine rings is 1. The molecule has 1 saturated heterocycles. The number of aryl methyl sites for hydroxylation is 2. The molecule has 0 aliphatic carbocycles. The van der Waals surface area contributed by atoms with E-state index < -0.39 is 11.8 Å². The van der Waals surface area contributed by atoms with Gasteiger partial charge in [0.1, 0.15) is 5.75 Å². The number of carbonyl (C=O) groups is 2. The summed E-state index contributed by atoms with van der Waals surface area (Å²) in [4.78, 5) is 28.8. The van der Waals surface area contributed by atoms with Crippen LogP contribution in [0.3, 0.4) is 0 Å². The van der Waals surface area contributed by atoms with Crippen LogP contribution in [0.5, 0.6) is 5.75 Å². The lowest BCUT2D eigenvalue weighted by atomic mass is 10.1. The Labute approximate surface area is 159 Å². The van der Waals surface area contributed by atoms with Gasteiger partial charge in [0.2, 0.25) is 0 Å². The van der Waals surface area contributed by atoms with Gasteiger partial charge in [0.15, 0.2) is 0 Å². The van der Waals surface area contributed by atoms with E-state index in [1.165, 1.54) is 0 Å². The number of ether oxygens (including phenoxy) is 1. The van der Waals surface area contributed by atoms with E-state index in [1.54, 1.807) is 12.0 Å². The fraction of sp³-hybridized carbons (Fsp3) is 0.333. The number of nitrogens with zero attached hydrogens (tertiary/aromatic N) is 2. The summed E-state index contributed by atoms with van der Waals surface area (Å²) in [6.07, 6.45) is 0. The van der Waals surface area contributed by atoms with E-state index in [4.69, 9.17) is 4.74 Å². The van der Waals surface area contributed by atoms with Crippen molar-refractivity contribution in [1.82, 2.24) is 4.90 Å². The highest BCUT2D eigenvalue weighted by Crippen LogP contribution is 2.21. The van der Waals surface area contributed by atoms with Gasteiger partial charge < -0.3 is 19.9 Å². The SMILES string of the molecule is COc1ccc(N2CCN(C(=O)C(=O)Nc3c(C)cccc3C)CC2)cc1. The van der Waals surface area contributed by atoms with E-state index >= 15 is 0 Å². The number of nitrogens with one attached hydrogen (secondary N) is 1. The summed E-state index contributed by atoms with van der Waals surface area (Å²) in [5.74, 6) is -0.243. The molecule has 0 radical (unpaired) electrons. The first-order chi connectivity index (χ1) is 13.0. The minimum atomic E-state index is -0.578. The van der Waals surface area contributed by atoms with Crippen molar-refractivity contribution in [3.63, 3.8) is 0 Å². The Bertz CT molecular complexity index is 805. The normalized spacial score (nSPS) is 14.0. The smallest absolute Gasteiger partial charge is 0.313 e. The number of rotatable bonds is 3. The largest absolute Gasteiger partial charge is 0.497 e. The predicted octanol–water partition coefficient (Wildman–Crippen LogP) is 2.60. The van der Waals surface area contributed by atoms with Crippen molar-refractivity contribution >= 4 is 23.2 Å². The molecule has 6 nitrogen and oxygen atoms in total. The maximum Gasteiger partial charge on any atom is 0.313 e. The van der Waals surface area contributed by atoms with E-state index in [2.05, 4.69) is 10.2 Å². The summed E-state index contributed by atoms with van der Waals surface area (Å²) in [7, 11) is 1.64. The molecule has 142 valence electrons. The number of benzene rings is 2. The summed E-state index contributed by atoms with van der Waals surface area (Å²) in [5, 5.41) is 2.77. The molecule has 1 fully saturated rings. The predicted molar refractivity (Wildman–Crippen MR) is 106 cm³/mol. The topological polar surface area (TPSA) is 61.9 Å². The number of anilines is 2. The Morgan fingerprint density at radius 3 is 2.07 bits per heavy atom. The molecule has 1 N–H and O–H groups in total. The molecule has 0 spiro atoms. The third-order valence-corrected chi connectivity index (χ3v) is 4.92. The van der Waals surface area contributed by atoms with Crippen molar-refractivity contribution in [3.8, 4) is 5.75 Å². The summed E-state index contributed by atoms with van der Waals surface area (Å²) in [5.41, 5.74) is 3.69. The van der Waals surface area contributed by atoms with Crippen LogP contribution in [0.2, 0.25) is 0 Å². The maximum atomic E-state index is 12.5. The van der Waals surface area contributed by atoms with Gasteiger partial charge in [-0.15, -0.1) is 0 Å². The lowest BCUT2D eigenvalue weighted by molar-refractivity contribution is -0.143. The zero-order chi connectivity index (χ0) is 19.4. The molecule has 0 aromatic heterocycles. The maximum absolute atomic E-state index is 12.5. The van der Waals surface area contributed by atoms with Gasteiger partial charge in [-0.05, 0) is 49.2 Å². The molecule has 1 aliphatic heterocycles. The zero-order valence-electron chi connectivity index (χ0n) is 16.0. The van der Waals surface area contributed by atoms with Gasteiger partial charge in [-0.2, -0.15) is 0 Å². The molecular weight excluding hydrogens is 342 g/mol. The van der Waals surface area contributed by atoms with Gasteiger partial charge in [-0.1, -0.05) is 18.2 Å². The lowest BCUT2D eigenvalue weighted by Crippen LogP contribution is -2.51. The van der Waals surface area contributed by atoms with Crippen molar-refractivity contribution < 1.29 is 14.3 Å². The minimum Gasteiger partial charge on any atom is -0.497 e. The molecule has 6 heteroatoms. The van der Waals surface area contributed by atoms with E-state index in [1.807, 2.05) is 56.3 Å². The standard InChI is InChI=1S/C21H25N3O3/c1-15-5-4-6-16(2)19(15)22-20(25)21(26)24-13-11-23(12-14-24)17-7-9-18(27-3)10-8-17/h4-10H,11-14H2,1-3H3,(H,22,25). The van der Waals surface area contributed by atoms with E-state index in [0.717, 1.165) is 22.6 Å². The molecule has 0 bridgehead atoms. The van der Waals surface area contributed by atoms with Crippen molar-refractivity contribution in [1.29, 1.82) is 0 Å². The van der Waals surface area contributed by atoms with Crippen LogP contribution >= 0.6 is 0 Å². The van der Waals surface area contributed by atoms with Crippen LogP contribution in [0, 0.1) is 13.8 Å². The Balaban J connectivity index is 1.58. The second-order valence-electron chi connectivity index (χ2n) is 6.70. The highest BCUT2D eigenvalue weighted by molar-refractivity contribution is 6.39. The highest BCUT2D eigenvalue weighted by Gasteiger charge is 2.26. The van der Waals surface area contributed by atoms with Crippen LogP contribution in [0.1, 0.15) is 11.1 Å². The average Bonchev–Trinajstić information content (AvgIpc) is 2.70. The Kier molecular flexibility index (Phi) is 5.64. The second kappa shape index (κ2) is 8.12. The molecule has 27 heavy (non-hydrogen) atoms. The fourth-order valence-corrected chi connectivity index (χ4v) is 3.28. The summed E-state index contributed by atoms with van der Waals surface area (Å²) >= 11 is 0. The first-order valence-corrected chi connectivity index (χ1v) is 9.05. The molecule has 1 aliphatic rings. The third-order valence-electron chi connectivity index (χ3n) is 4.92. The number of methoxy groups -OCH3 is 1. The number of para-hydroxylation sites is 1. The Morgan fingerprint density at radius 1 is 0.926 bits per heavy atom. The molecule has 2 amide bonds. The van der Waals surface area contributed by atoms with E-state index in [9.17, 15) is 9.59 Å². The van der Waals surface area contributed by atoms with Crippen molar-refractivity contribution in [2.75, 3.05) is 43.5 Å². The molecule has 0 unspecified atom stereocenters. The van der Waals surface area contributed by atoms with Gasteiger partial charge in [0.05, 0.1) is 7.11 Å². The van der Waals surface area contributed by atoms with Gasteiger partial charge in [0, 0.05) is 37.6 Å². The minimum absolute atomic E-state index is 0.480. The molecule has 3 rings (SSSR count). The average molecular weight is 367 g/mol. The third kappa shape index (κ3) is 4.22. The molecular formula is C21H25N3O3. The number of hydrogen-bond donors (Lipinski definition) is 1. The highest BCUT2D eigenvalue weighted by atomic mass is 16.5. The van der Waals surface area contributed by atoms with Crippen LogP contribution in [0.15, 0.2) is 42.5 Å². The van der Waals surface area contributed by atoms with Crippen LogP contribution < -0.4 is 15.0 Å². The molecule has 0 saturated carbocycles. The van der Waals surface area contributed by atoms with Crippen molar-refractivity contribution in [3.05, 3.63) is 53.6 Å². The first kappa shape index (κ1) is 18.8. The van der Waals surface area contributed by atoms with Crippen LogP contribution in [0.4, 0.5) is 11.4 Å². The Morgan fingerprint density at radius 2 is 1.52 bits per heavy atom. The number of hydrogen-bond acceptors (Lipinski definition) is 4. The van der Waals surface area contributed by atoms with Gasteiger partial charge in [-0.25, -0.2) is 0 Å². The van der Waals surface area contributed by atoms with Crippen LogP contribution in [0.25, 0.3) is 0 Å². The second-order valence-corrected chi connectivity index (χ2v) is 6.70. The molecule has 2 aromatic rings. The molecule has 0 atom stereocenters. The summed E-state index contributed by atoms with van der Waals surface area (Å²) < 4.78 is 5.18. The van der Waals surface area contributed by atoms with Crippen molar-refractivity contribution in [2.45, 2.75) is 13.8 Å². The lowest BCUT2D eigenvalue weighted by Gasteiger charge is -2.35. The number of carbonyl (C=O) groups excluding carboxylic acids is 2.